The first kappa shape index (κ1) is 12.7. The van der Waals surface area contributed by atoms with Crippen LogP contribution in [0.25, 0.3) is 96.8 Å². The van der Waals surface area contributed by atoms with Gasteiger partial charge in [-0.3, -0.25) is 0 Å². The Labute approximate surface area is 334 Å². The van der Waals surface area contributed by atoms with Gasteiger partial charge in [0.1, 0.15) is 0 Å². The number of nitrogens with zero attached hydrogens (tertiary/aromatic N) is 3. The second kappa shape index (κ2) is 11.8. The lowest BCUT2D eigenvalue weighted by Gasteiger charge is -2.10. The molecule has 0 aliphatic rings. The normalized spacial score (nSPS) is 19.2. The summed E-state index contributed by atoms with van der Waals surface area (Å²) < 4.78 is 237. The van der Waals surface area contributed by atoms with E-state index in [-0.39, 0.29) is 51.5 Å². The van der Waals surface area contributed by atoms with Gasteiger partial charge in [0.2, 0.25) is 0 Å². The average molecular weight is 701 g/mol. The maximum Gasteiger partial charge on any atom is 0.164 e. The van der Waals surface area contributed by atoms with Crippen LogP contribution >= 0.6 is 22.7 Å². The molecule has 0 aliphatic heterocycles. The van der Waals surface area contributed by atoms with Crippen molar-refractivity contribution >= 4 is 63.0 Å². The van der Waals surface area contributed by atoms with Gasteiger partial charge in [0, 0.05) is 68.2 Å². The van der Waals surface area contributed by atoms with E-state index in [1.165, 1.54) is 0 Å². The van der Waals surface area contributed by atoms with Gasteiger partial charge in [-0.1, -0.05) is 151 Å². The van der Waals surface area contributed by atoms with E-state index in [2.05, 4.69) is 15.0 Å². The molecule has 0 atom stereocenters. The summed E-state index contributed by atoms with van der Waals surface area (Å²) in [5, 5.41) is -1.19. The van der Waals surface area contributed by atoms with E-state index in [0.29, 0.717) is 22.7 Å². The van der Waals surface area contributed by atoms with Crippen molar-refractivity contribution < 1.29 is 37.0 Å². The quantitative estimate of drug-likeness (QED) is 0.179. The van der Waals surface area contributed by atoms with Crippen molar-refractivity contribution in [3.8, 4) is 56.4 Å². The summed E-state index contributed by atoms with van der Waals surface area (Å²) in [4.78, 5) is 12.9. The zero-order chi connectivity index (χ0) is 56.5. The third-order valence-corrected chi connectivity index (χ3v) is 9.74. The van der Waals surface area contributed by atoms with E-state index in [1.807, 2.05) is 0 Å². The van der Waals surface area contributed by atoms with Crippen molar-refractivity contribution in [2.75, 3.05) is 0 Å². The highest BCUT2D eigenvalue weighted by molar-refractivity contribution is 7.27. The Morgan fingerprint density at radius 1 is 0.360 bits per heavy atom. The summed E-state index contributed by atoms with van der Waals surface area (Å²) in [5.74, 6) is -2.21. The molecule has 0 aliphatic carbocycles. The maximum absolute atomic E-state index is 9.71. The fourth-order valence-electron chi connectivity index (χ4n) is 5.36. The molecule has 0 radical (unpaired) electrons. The van der Waals surface area contributed by atoms with Crippen LogP contribution in [-0.4, -0.2) is 15.0 Å². The predicted octanol–water partition coefficient (Wildman–Crippen LogP) is 12.9. The molecule has 3 nitrogen and oxygen atoms in total. The molecular formula is C45H27N3S2. The third-order valence-electron chi connectivity index (χ3n) is 7.49. The Bertz CT molecular complexity index is 4260. The lowest BCUT2D eigenvalue weighted by atomic mass is 9.94. The van der Waals surface area contributed by atoms with Gasteiger partial charge in [-0.05, 0) is 23.2 Å². The molecule has 234 valence electrons. The Kier molecular flexibility index (Phi) is 3.01. The van der Waals surface area contributed by atoms with Crippen LogP contribution in [0.2, 0.25) is 0 Å². The zero-order valence-electron chi connectivity index (χ0n) is 51.7. The molecule has 3 aromatic heterocycles. The number of benzene rings is 7. The van der Waals surface area contributed by atoms with Crippen molar-refractivity contribution in [1.29, 1.82) is 0 Å². The molecule has 5 heteroatoms. The van der Waals surface area contributed by atoms with Crippen LogP contribution in [-0.2, 0) is 0 Å². The molecule has 0 bridgehead atoms. The summed E-state index contributed by atoms with van der Waals surface area (Å²) >= 11 is 1.25. The van der Waals surface area contributed by atoms with Crippen LogP contribution in [0, 0.1) is 0 Å². The van der Waals surface area contributed by atoms with Crippen molar-refractivity contribution in [2.45, 2.75) is 0 Å². The Morgan fingerprint density at radius 3 is 1.60 bits per heavy atom. The summed E-state index contributed by atoms with van der Waals surface area (Å²) in [6, 6.07) is -21.4. The number of fused-ring (bicyclic) bond motifs is 6. The van der Waals surface area contributed by atoms with E-state index in [1.54, 1.807) is 0 Å². The highest BCUT2D eigenvalue weighted by Crippen LogP contribution is 2.48. The predicted molar refractivity (Wildman–Crippen MR) is 213 cm³/mol. The van der Waals surface area contributed by atoms with Gasteiger partial charge in [-0.2, -0.15) is 0 Å². The van der Waals surface area contributed by atoms with E-state index < -0.39 is 208 Å². The minimum atomic E-state index is -0.859. The van der Waals surface area contributed by atoms with Gasteiger partial charge in [0.05, 0.1) is 37.0 Å². The summed E-state index contributed by atoms with van der Waals surface area (Å²) in [6.45, 7) is 0. The van der Waals surface area contributed by atoms with Gasteiger partial charge in [0.15, 0.2) is 17.5 Å². The first-order valence-electron chi connectivity index (χ1n) is 27.9. The average Bonchev–Trinajstić information content (AvgIpc) is 4.01. The van der Waals surface area contributed by atoms with Gasteiger partial charge in [-0.15, -0.1) is 22.7 Å². The van der Waals surface area contributed by atoms with Gasteiger partial charge >= 0.3 is 0 Å². The van der Waals surface area contributed by atoms with Crippen molar-refractivity contribution in [2.24, 2.45) is 0 Å². The Balaban J connectivity index is 1.36. The smallest absolute Gasteiger partial charge is 0.164 e. The van der Waals surface area contributed by atoms with Crippen molar-refractivity contribution in [3.05, 3.63) is 163 Å². The Morgan fingerprint density at radius 2 is 0.900 bits per heavy atom. The Hall–Kier alpha value is -6.01. The molecule has 7 aromatic carbocycles. The molecule has 0 unspecified atom stereocenters. The van der Waals surface area contributed by atoms with Crippen LogP contribution in [0.3, 0.4) is 0 Å². The highest BCUT2D eigenvalue weighted by Gasteiger charge is 2.19. The summed E-state index contributed by atoms with van der Waals surface area (Å²) in [5.41, 5.74) is -3.80. The molecule has 0 spiro atoms. The van der Waals surface area contributed by atoms with Gasteiger partial charge in [-0.25, -0.2) is 15.0 Å². The number of hydrogen-bond acceptors (Lipinski definition) is 5. The lowest BCUT2D eigenvalue weighted by Crippen LogP contribution is -1.99. The monoisotopic (exact) mass is 700 g/mol. The van der Waals surface area contributed by atoms with E-state index in [9.17, 15) is 9.60 Å². The topological polar surface area (TPSA) is 38.7 Å². The van der Waals surface area contributed by atoms with Crippen LogP contribution in [0.4, 0.5) is 0 Å². The van der Waals surface area contributed by atoms with E-state index in [0.717, 1.165) is 0 Å². The van der Waals surface area contributed by atoms with Crippen LogP contribution < -0.4 is 0 Å². The molecule has 50 heavy (non-hydrogen) atoms. The fourth-order valence-corrected chi connectivity index (χ4v) is 7.60. The first-order chi connectivity index (χ1) is 36.0. The second-order valence-corrected chi connectivity index (χ2v) is 12.4. The van der Waals surface area contributed by atoms with Crippen LogP contribution in [0.15, 0.2) is 163 Å². The second-order valence-electron chi connectivity index (χ2n) is 10.3. The minimum absolute atomic E-state index is 0.165. The highest BCUT2D eigenvalue weighted by atomic mass is 32.1. The number of aromatic nitrogens is 3. The molecule has 0 amide bonds. The molecular weight excluding hydrogens is 647 g/mol. The van der Waals surface area contributed by atoms with Gasteiger partial charge < -0.3 is 0 Å². The minimum Gasteiger partial charge on any atom is -0.208 e. The molecule has 0 saturated heterocycles. The van der Waals surface area contributed by atoms with Gasteiger partial charge in [0.25, 0.3) is 0 Å². The first-order valence-corrected chi connectivity index (χ1v) is 16.0. The number of hydrogen-bond donors (Lipinski definition) is 0. The molecule has 0 N–H and O–H groups in total. The van der Waals surface area contributed by atoms with E-state index in [4.69, 9.17) is 27.4 Å². The van der Waals surface area contributed by atoms with Crippen molar-refractivity contribution in [1.82, 2.24) is 15.0 Å². The fraction of sp³-hybridized carbons (Fsp3) is 0. The molecule has 3 heterocycles. The molecule has 10 aromatic rings. The standard InChI is InChI=1S/C45H27N3S2/c1-4-13-28(14-5-1)32-25-26-36(42-40(32)37-19-10-11-22-38(37)49-42)35-21-12-20-34-33-24-23-31(27-39(33)50-41(34)35)45-47-43(29-15-6-2-7-16-29)46-44(48-45)30-17-8-3-9-18-30/h1-27H/i1D,2D,3D,4D,5D,6D,7D,8D,9D,10D,11D,12D,13D,14D,15D,16D,17D,18D,19D,20D,21D,22D,23D,24D,25D,26D,27D. The zero-order valence-corrected chi connectivity index (χ0v) is 26.3. The lowest BCUT2D eigenvalue weighted by molar-refractivity contribution is 1.07. The molecule has 0 fully saturated rings. The maximum atomic E-state index is 9.71. The van der Waals surface area contributed by atoms with Crippen LogP contribution in [0.5, 0.6) is 0 Å². The summed E-state index contributed by atoms with van der Waals surface area (Å²) in [7, 11) is 0. The van der Waals surface area contributed by atoms with Crippen molar-refractivity contribution in [3.63, 3.8) is 0 Å². The molecule has 0 saturated carbocycles. The van der Waals surface area contributed by atoms with Crippen LogP contribution in [0.1, 0.15) is 37.0 Å². The number of rotatable bonds is 5. The molecule has 10 rings (SSSR count). The largest absolute Gasteiger partial charge is 0.208 e. The third kappa shape index (κ3) is 4.82. The SMILES string of the molecule is [2H]c1c([2H])c([2H])c(-c2nc(-c3c([2H])c([2H])c([2H])c([2H])c3[2H])nc(-c3c([2H])c([2H])c4c(sc5c(-c6c([2H])c([2H])c(-c7c([2H])c([2H])c([2H])c([2H])c7[2H])c7c6sc6c([2H])c([2H])c([2H])c([2H])c67)c([2H])c([2H])c([2H])c54)c3[2H])n2)c([2H])c1[2H]. The summed E-state index contributed by atoms with van der Waals surface area (Å²) in [6.07, 6.45) is 0. The van der Waals surface area contributed by atoms with E-state index >= 15 is 0 Å². The number of thiophene rings is 2.